The Labute approximate surface area is 186 Å². The number of rotatable bonds is 7. The zero-order valence-corrected chi connectivity index (χ0v) is 17.8. The number of benzene rings is 1. The number of halogens is 3. The molecule has 3 heterocycles. The number of imidazole rings is 1. The molecule has 0 aliphatic heterocycles. The highest BCUT2D eigenvalue weighted by molar-refractivity contribution is 6.02. The highest BCUT2D eigenvalue weighted by atomic mass is 19.4. The maximum Gasteiger partial charge on any atom is 0.389 e. The van der Waals surface area contributed by atoms with E-state index < -0.39 is 24.8 Å². The summed E-state index contributed by atoms with van der Waals surface area (Å²) in [5.41, 5.74) is 3.68. The average molecular weight is 456 g/mol. The van der Waals surface area contributed by atoms with Crippen LogP contribution >= 0.6 is 0 Å². The van der Waals surface area contributed by atoms with Crippen LogP contribution in [-0.2, 0) is 0 Å². The Kier molecular flexibility index (Phi) is 5.99. The second-order valence-electron chi connectivity index (χ2n) is 7.21. The molecule has 33 heavy (non-hydrogen) atoms. The molecule has 0 saturated heterocycles. The van der Waals surface area contributed by atoms with Crippen LogP contribution in [0.5, 0.6) is 11.5 Å². The SMILES string of the molecule is COc1cc(-c2cnc3cc(-c4cncnc4)ccn23)cc(OC)c1C(=O)CCC(F)(F)F. The zero-order chi connectivity index (χ0) is 23.6. The van der Waals surface area contributed by atoms with Gasteiger partial charge in [-0.25, -0.2) is 15.0 Å². The Morgan fingerprint density at radius 2 is 1.64 bits per heavy atom. The molecular formula is C23H19F3N4O3. The molecule has 4 rings (SSSR count). The number of hydrogen-bond donors (Lipinski definition) is 0. The molecule has 0 saturated carbocycles. The molecule has 0 amide bonds. The van der Waals surface area contributed by atoms with E-state index in [4.69, 9.17) is 9.47 Å². The van der Waals surface area contributed by atoms with Gasteiger partial charge >= 0.3 is 6.18 Å². The molecule has 7 nitrogen and oxygen atoms in total. The van der Waals surface area contributed by atoms with Crippen LogP contribution in [0.1, 0.15) is 23.2 Å². The van der Waals surface area contributed by atoms with Crippen molar-refractivity contribution in [3.8, 4) is 33.9 Å². The Morgan fingerprint density at radius 1 is 0.970 bits per heavy atom. The Balaban J connectivity index is 1.74. The second kappa shape index (κ2) is 8.89. The lowest BCUT2D eigenvalue weighted by molar-refractivity contribution is -0.133. The van der Waals surface area contributed by atoms with Gasteiger partial charge in [-0.05, 0) is 29.8 Å². The number of pyridine rings is 1. The van der Waals surface area contributed by atoms with Crippen molar-refractivity contribution in [2.24, 2.45) is 0 Å². The first-order valence-corrected chi connectivity index (χ1v) is 9.89. The van der Waals surface area contributed by atoms with E-state index in [0.717, 1.165) is 11.1 Å². The molecule has 3 aromatic heterocycles. The van der Waals surface area contributed by atoms with Gasteiger partial charge in [0.2, 0.25) is 0 Å². The summed E-state index contributed by atoms with van der Waals surface area (Å²) in [6, 6.07) is 6.95. The quantitative estimate of drug-likeness (QED) is 0.364. The van der Waals surface area contributed by atoms with Crippen molar-refractivity contribution in [1.82, 2.24) is 19.4 Å². The summed E-state index contributed by atoms with van der Waals surface area (Å²) in [5, 5.41) is 0. The van der Waals surface area contributed by atoms with Gasteiger partial charge < -0.3 is 9.47 Å². The standard InChI is InChI=1S/C23H19F3N4O3/c1-32-19-7-15(8-20(33-2)22(19)18(31)3-5-23(24,25)26)17-12-29-21-9-14(4-6-30(17)21)16-10-27-13-28-11-16/h4,6-13H,3,5H2,1-2H3. The molecule has 0 spiro atoms. The molecular weight excluding hydrogens is 437 g/mol. The van der Waals surface area contributed by atoms with Gasteiger partial charge in [0.15, 0.2) is 5.78 Å². The van der Waals surface area contributed by atoms with E-state index >= 15 is 0 Å². The van der Waals surface area contributed by atoms with Crippen LogP contribution in [0.25, 0.3) is 28.0 Å². The molecule has 0 aliphatic carbocycles. The summed E-state index contributed by atoms with van der Waals surface area (Å²) in [6.45, 7) is 0. The van der Waals surface area contributed by atoms with E-state index in [1.165, 1.54) is 20.5 Å². The number of hydrogen-bond acceptors (Lipinski definition) is 6. The molecule has 0 atom stereocenters. The van der Waals surface area contributed by atoms with Crippen LogP contribution in [-0.4, -0.2) is 45.5 Å². The topological polar surface area (TPSA) is 78.6 Å². The monoisotopic (exact) mass is 456 g/mol. The number of carbonyl (C=O) groups excluding carboxylic acids is 1. The van der Waals surface area contributed by atoms with Crippen LogP contribution in [0.2, 0.25) is 0 Å². The van der Waals surface area contributed by atoms with Gasteiger partial charge in [0.25, 0.3) is 0 Å². The summed E-state index contributed by atoms with van der Waals surface area (Å²) in [6.07, 6.45) is 1.99. The van der Waals surface area contributed by atoms with Gasteiger partial charge in [-0.3, -0.25) is 9.20 Å². The normalized spacial score (nSPS) is 11.5. The van der Waals surface area contributed by atoms with Crippen LogP contribution in [0.15, 0.2) is 55.4 Å². The van der Waals surface area contributed by atoms with Crippen molar-refractivity contribution >= 4 is 11.4 Å². The summed E-state index contributed by atoms with van der Waals surface area (Å²) < 4.78 is 50.3. The van der Waals surface area contributed by atoms with Gasteiger partial charge in [-0.15, -0.1) is 0 Å². The molecule has 0 fully saturated rings. The second-order valence-corrected chi connectivity index (χ2v) is 7.21. The Hall–Kier alpha value is -3.95. The number of ether oxygens (including phenoxy) is 2. The predicted octanol–water partition coefficient (Wildman–Crippen LogP) is 5.00. The van der Waals surface area contributed by atoms with Crippen molar-refractivity contribution in [2.75, 3.05) is 14.2 Å². The van der Waals surface area contributed by atoms with Crippen molar-refractivity contribution in [3.63, 3.8) is 0 Å². The number of ketones is 1. The van der Waals surface area contributed by atoms with E-state index in [-0.39, 0.29) is 17.1 Å². The number of fused-ring (bicyclic) bond motifs is 1. The fraction of sp³-hybridized carbons (Fsp3) is 0.217. The van der Waals surface area contributed by atoms with E-state index in [9.17, 15) is 18.0 Å². The highest BCUT2D eigenvalue weighted by Crippen LogP contribution is 2.37. The molecule has 4 aromatic rings. The van der Waals surface area contributed by atoms with E-state index in [1.54, 1.807) is 30.7 Å². The first kappa shape index (κ1) is 22.3. The molecule has 0 aliphatic rings. The minimum Gasteiger partial charge on any atom is -0.496 e. The molecule has 0 radical (unpaired) electrons. The third-order valence-electron chi connectivity index (χ3n) is 5.12. The summed E-state index contributed by atoms with van der Waals surface area (Å²) in [4.78, 5) is 25.1. The summed E-state index contributed by atoms with van der Waals surface area (Å²) in [5.74, 6) is -0.450. The predicted molar refractivity (Wildman–Crippen MR) is 114 cm³/mol. The van der Waals surface area contributed by atoms with Crippen molar-refractivity contribution in [3.05, 3.63) is 60.9 Å². The maximum atomic E-state index is 12.6. The number of aromatic nitrogens is 4. The van der Waals surface area contributed by atoms with Crippen LogP contribution in [0, 0.1) is 0 Å². The van der Waals surface area contributed by atoms with Gasteiger partial charge in [0.1, 0.15) is 29.0 Å². The number of Topliss-reactive ketones (excluding diaryl/α,β-unsaturated/α-hetero) is 1. The first-order valence-electron chi connectivity index (χ1n) is 9.89. The molecule has 0 unspecified atom stereocenters. The Morgan fingerprint density at radius 3 is 2.24 bits per heavy atom. The molecule has 10 heteroatoms. The third-order valence-corrected chi connectivity index (χ3v) is 5.12. The van der Waals surface area contributed by atoms with E-state index in [0.29, 0.717) is 16.9 Å². The number of nitrogens with zero attached hydrogens (tertiary/aromatic N) is 4. The largest absolute Gasteiger partial charge is 0.496 e. The fourth-order valence-corrected chi connectivity index (χ4v) is 3.54. The van der Waals surface area contributed by atoms with Crippen molar-refractivity contribution < 1.29 is 27.4 Å². The van der Waals surface area contributed by atoms with Crippen LogP contribution in [0.3, 0.4) is 0 Å². The fourth-order valence-electron chi connectivity index (χ4n) is 3.54. The van der Waals surface area contributed by atoms with Crippen molar-refractivity contribution in [2.45, 2.75) is 19.0 Å². The lowest BCUT2D eigenvalue weighted by Crippen LogP contribution is -2.12. The third kappa shape index (κ3) is 4.64. The molecule has 170 valence electrons. The minimum atomic E-state index is -4.43. The van der Waals surface area contributed by atoms with Gasteiger partial charge in [0.05, 0.1) is 32.5 Å². The first-order chi connectivity index (χ1) is 15.8. The van der Waals surface area contributed by atoms with Crippen LogP contribution in [0.4, 0.5) is 13.2 Å². The molecule has 0 bridgehead atoms. The van der Waals surface area contributed by atoms with Gasteiger partial charge in [-0.1, -0.05) is 0 Å². The van der Waals surface area contributed by atoms with Gasteiger partial charge in [-0.2, -0.15) is 13.2 Å². The summed E-state index contributed by atoms with van der Waals surface area (Å²) in [7, 11) is 2.70. The van der Waals surface area contributed by atoms with E-state index in [2.05, 4.69) is 15.0 Å². The van der Waals surface area contributed by atoms with Gasteiger partial charge in [0, 0.05) is 36.1 Å². The lowest BCUT2D eigenvalue weighted by atomic mass is 10.0. The highest BCUT2D eigenvalue weighted by Gasteiger charge is 2.30. The zero-order valence-electron chi connectivity index (χ0n) is 17.8. The maximum absolute atomic E-state index is 12.6. The number of alkyl halides is 3. The molecule has 0 N–H and O–H groups in total. The Bertz CT molecular complexity index is 1280. The minimum absolute atomic E-state index is 0.0202. The molecule has 1 aromatic carbocycles. The number of carbonyl (C=O) groups is 1. The summed E-state index contributed by atoms with van der Waals surface area (Å²) >= 11 is 0. The van der Waals surface area contributed by atoms with E-state index in [1.807, 2.05) is 22.7 Å². The average Bonchev–Trinajstić information content (AvgIpc) is 3.25. The van der Waals surface area contributed by atoms with Crippen molar-refractivity contribution in [1.29, 1.82) is 0 Å². The lowest BCUT2D eigenvalue weighted by Gasteiger charge is -2.15. The van der Waals surface area contributed by atoms with Crippen LogP contribution < -0.4 is 9.47 Å². The smallest absolute Gasteiger partial charge is 0.389 e. The number of methoxy groups -OCH3 is 2.